The Morgan fingerprint density at radius 2 is 0.521 bits per heavy atom. The molecule has 3 heterocycles. The van der Waals surface area contributed by atoms with Crippen LogP contribution in [0.1, 0.15) is 0 Å². The molecule has 0 spiro atoms. The number of nitrogens with zero attached hydrogens (tertiary/aromatic N) is 3. The molecular formula is C45H31N3. The molecule has 0 atom stereocenters. The van der Waals surface area contributed by atoms with Crippen LogP contribution in [0, 0.1) is 0 Å². The molecule has 48 heavy (non-hydrogen) atoms. The molecule has 8 rings (SSSR count). The first-order valence-corrected chi connectivity index (χ1v) is 16.1. The summed E-state index contributed by atoms with van der Waals surface area (Å²) >= 11 is 0. The van der Waals surface area contributed by atoms with Gasteiger partial charge in [0.1, 0.15) is 0 Å². The minimum atomic E-state index is 0.936. The Morgan fingerprint density at radius 1 is 0.208 bits per heavy atom. The highest BCUT2D eigenvalue weighted by Gasteiger charge is 2.11. The van der Waals surface area contributed by atoms with Crippen LogP contribution >= 0.6 is 0 Å². The molecule has 0 N–H and O–H groups in total. The zero-order valence-corrected chi connectivity index (χ0v) is 26.2. The Bertz CT molecular complexity index is 2180. The van der Waals surface area contributed by atoms with E-state index in [4.69, 9.17) is 0 Å². The molecular weight excluding hydrogens is 583 g/mol. The average molecular weight is 614 g/mol. The minimum absolute atomic E-state index is 0.936. The van der Waals surface area contributed by atoms with Gasteiger partial charge in [-0.1, -0.05) is 91.0 Å². The van der Waals surface area contributed by atoms with Crippen LogP contribution in [0.4, 0.5) is 0 Å². The summed E-state index contributed by atoms with van der Waals surface area (Å²) in [5.41, 5.74) is 15.3. The van der Waals surface area contributed by atoms with Gasteiger partial charge in [0.25, 0.3) is 0 Å². The summed E-state index contributed by atoms with van der Waals surface area (Å²) in [6.45, 7) is 0. The molecule has 8 aromatic rings. The van der Waals surface area contributed by atoms with Crippen LogP contribution in [0.5, 0.6) is 0 Å². The maximum absolute atomic E-state index is 4.64. The highest BCUT2D eigenvalue weighted by atomic mass is 14.7. The fraction of sp³-hybridized carbons (Fsp3) is 0. The van der Waals surface area contributed by atoms with E-state index in [-0.39, 0.29) is 0 Å². The molecule has 3 aromatic heterocycles. The first-order valence-electron chi connectivity index (χ1n) is 16.1. The predicted molar refractivity (Wildman–Crippen MR) is 198 cm³/mol. The Balaban J connectivity index is 1.16. The number of aromatic nitrogens is 3. The molecule has 0 aliphatic heterocycles. The van der Waals surface area contributed by atoms with Crippen LogP contribution in [0.25, 0.3) is 78.3 Å². The fourth-order valence-corrected chi connectivity index (χ4v) is 6.16. The van der Waals surface area contributed by atoms with Crippen molar-refractivity contribution in [2.75, 3.05) is 0 Å². The van der Waals surface area contributed by atoms with Crippen molar-refractivity contribution in [3.8, 4) is 78.3 Å². The Hall–Kier alpha value is -6.45. The van der Waals surface area contributed by atoms with Crippen LogP contribution in [0.2, 0.25) is 0 Å². The summed E-state index contributed by atoms with van der Waals surface area (Å²) < 4.78 is 0. The summed E-state index contributed by atoms with van der Waals surface area (Å²) in [7, 11) is 0. The number of hydrogen-bond acceptors (Lipinski definition) is 3. The highest BCUT2D eigenvalue weighted by Crippen LogP contribution is 2.36. The van der Waals surface area contributed by atoms with Crippen LogP contribution in [-0.2, 0) is 0 Å². The first kappa shape index (κ1) is 29.0. The van der Waals surface area contributed by atoms with Crippen molar-refractivity contribution in [1.82, 2.24) is 15.0 Å². The van der Waals surface area contributed by atoms with Gasteiger partial charge in [-0.05, 0) is 123 Å². The molecule has 0 amide bonds. The number of hydrogen-bond donors (Lipinski definition) is 0. The molecule has 0 aliphatic carbocycles. The van der Waals surface area contributed by atoms with Gasteiger partial charge in [0.15, 0.2) is 0 Å². The molecule has 0 unspecified atom stereocenters. The predicted octanol–water partition coefficient (Wildman–Crippen LogP) is 11.5. The lowest BCUT2D eigenvalue weighted by Crippen LogP contribution is -1.90. The van der Waals surface area contributed by atoms with Crippen molar-refractivity contribution in [2.45, 2.75) is 0 Å². The Labute approximate surface area is 280 Å². The van der Waals surface area contributed by atoms with Crippen molar-refractivity contribution in [3.63, 3.8) is 0 Å². The number of rotatable bonds is 7. The smallest absolute Gasteiger partial charge is 0.0702 e. The summed E-state index contributed by atoms with van der Waals surface area (Å²) in [5.74, 6) is 0. The molecule has 3 heteroatoms. The second-order valence-corrected chi connectivity index (χ2v) is 11.8. The van der Waals surface area contributed by atoms with Crippen LogP contribution < -0.4 is 0 Å². The van der Waals surface area contributed by atoms with E-state index < -0.39 is 0 Å². The van der Waals surface area contributed by atoms with Gasteiger partial charge in [-0.25, -0.2) is 0 Å². The fourth-order valence-electron chi connectivity index (χ4n) is 6.16. The normalized spacial score (nSPS) is 10.9. The Kier molecular flexibility index (Phi) is 7.92. The topological polar surface area (TPSA) is 38.7 Å². The summed E-state index contributed by atoms with van der Waals surface area (Å²) in [6.07, 6.45) is 5.52. The largest absolute Gasteiger partial charge is 0.256 e. The van der Waals surface area contributed by atoms with Crippen LogP contribution in [0.15, 0.2) is 188 Å². The third kappa shape index (κ3) is 6.18. The Morgan fingerprint density at radius 3 is 0.979 bits per heavy atom. The summed E-state index contributed by atoms with van der Waals surface area (Å²) in [6, 6.07) is 59.6. The van der Waals surface area contributed by atoms with E-state index in [1.807, 2.05) is 67.1 Å². The van der Waals surface area contributed by atoms with Crippen molar-refractivity contribution in [3.05, 3.63) is 188 Å². The first-order chi connectivity index (χ1) is 23.8. The van der Waals surface area contributed by atoms with Gasteiger partial charge in [-0.15, -0.1) is 0 Å². The zero-order chi connectivity index (χ0) is 32.1. The molecule has 0 saturated heterocycles. The van der Waals surface area contributed by atoms with E-state index >= 15 is 0 Å². The van der Waals surface area contributed by atoms with Gasteiger partial charge in [0, 0.05) is 35.3 Å². The van der Waals surface area contributed by atoms with E-state index in [0.29, 0.717) is 0 Å². The van der Waals surface area contributed by atoms with E-state index in [1.165, 1.54) is 11.1 Å². The second-order valence-electron chi connectivity index (χ2n) is 11.8. The third-order valence-corrected chi connectivity index (χ3v) is 8.60. The molecule has 0 saturated carbocycles. The second kappa shape index (κ2) is 13.1. The van der Waals surface area contributed by atoms with Crippen molar-refractivity contribution in [2.24, 2.45) is 0 Å². The standard InChI is InChI=1S/C45H31N3/c1-2-11-32(12-3-1)37-26-38(28-40(27-37)43-15-4-7-22-46-43)34-20-18-33(19-21-34)35-13-10-14-36(25-35)39-29-41(44-16-5-8-23-47-44)31-42(30-39)45-17-6-9-24-48-45/h1-31H. The molecule has 0 radical (unpaired) electrons. The zero-order valence-electron chi connectivity index (χ0n) is 26.2. The van der Waals surface area contributed by atoms with Gasteiger partial charge in [-0.3, -0.25) is 15.0 Å². The van der Waals surface area contributed by atoms with Gasteiger partial charge in [0.2, 0.25) is 0 Å². The van der Waals surface area contributed by atoms with E-state index in [0.717, 1.165) is 67.2 Å². The van der Waals surface area contributed by atoms with Gasteiger partial charge < -0.3 is 0 Å². The molecule has 0 bridgehead atoms. The van der Waals surface area contributed by atoms with Gasteiger partial charge >= 0.3 is 0 Å². The average Bonchev–Trinajstić information content (AvgIpc) is 3.19. The van der Waals surface area contributed by atoms with Crippen molar-refractivity contribution in [1.29, 1.82) is 0 Å². The number of benzene rings is 5. The lowest BCUT2D eigenvalue weighted by molar-refractivity contribution is 1.31. The van der Waals surface area contributed by atoms with Crippen LogP contribution in [0.3, 0.4) is 0 Å². The van der Waals surface area contributed by atoms with E-state index in [2.05, 4.69) is 136 Å². The lowest BCUT2D eigenvalue weighted by atomic mass is 9.92. The monoisotopic (exact) mass is 613 g/mol. The maximum atomic E-state index is 4.64. The third-order valence-electron chi connectivity index (χ3n) is 8.60. The lowest BCUT2D eigenvalue weighted by Gasteiger charge is -2.13. The molecule has 0 aliphatic rings. The maximum Gasteiger partial charge on any atom is 0.0702 e. The van der Waals surface area contributed by atoms with Gasteiger partial charge in [0.05, 0.1) is 17.1 Å². The summed E-state index contributed by atoms with van der Waals surface area (Å²) in [5, 5.41) is 0. The molecule has 3 nitrogen and oxygen atoms in total. The van der Waals surface area contributed by atoms with Gasteiger partial charge in [-0.2, -0.15) is 0 Å². The minimum Gasteiger partial charge on any atom is -0.256 e. The van der Waals surface area contributed by atoms with Crippen molar-refractivity contribution >= 4 is 0 Å². The summed E-state index contributed by atoms with van der Waals surface area (Å²) in [4.78, 5) is 13.9. The number of pyridine rings is 3. The molecule has 0 fully saturated rings. The SMILES string of the molecule is c1ccc(-c2cc(-c3ccc(-c4cccc(-c5cc(-c6ccccn6)cc(-c6ccccn6)c5)c4)cc3)cc(-c3ccccn3)c2)cc1. The van der Waals surface area contributed by atoms with Crippen LogP contribution in [-0.4, -0.2) is 15.0 Å². The quantitative estimate of drug-likeness (QED) is 0.179. The highest BCUT2D eigenvalue weighted by molar-refractivity contribution is 5.83. The molecule has 226 valence electrons. The molecule has 5 aromatic carbocycles. The van der Waals surface area contributed by atoms with Crippen molar-refractivity contribution < 1.29 is 0 Å². The van der Waals surface area contributed by atoms with E-state index in [1.54, 1.807) is 0 Å². The van der Waals surface area contributed by atoms with E-state index in [9.17, 15) is 0 Å².